The first-order valence-corrected chi connectivity index (χ1v) is 8.66. The summed E-state index contributed by atoms with van der Waals surface area (Å²) in [5, 5.41) is 16.8. The lowest BCUT2D eigenvalue weighted by Crippen LogP contribution is -2.22. The van der Waals surface area contributed by atoms with Crippen molar-refractivity contribution in [3.05, 3.63) is 47.5 Å². The van der Waals surface area contributed by atoms with Crippen molar-refractivity contribution in [2.75, 3.05) is 17.7 Å². The molecule has 136 valence electrons. The van der Waals surface area contributed by atoms with E-state index in [0.717, 1.165) is 18.4 Å². The summed E-state index contributed by atoms with van der Waals surface area (Å²) in [5.41, 5.74) is 9.94. The first-order chi connectivity index (χ1) is 13.0. The molecule has 1 fully saturated rings. The SMILES string of the molecule is CN(c1nc2cc(C(=O)O)ccc2nc1-c1ccc(N)c(C=N)c1)C1CC1. The minimum absolute atomic E-state index is 0.183. The number of aromatic nitrogens is 2. The molecule has 0 spiro atoms. The van der Waals surface area contributed by atoms with Crippen molar-refractivity contribution in [1.29, 1.82) is 5.41 Å². The molecule has 4 rings (SSSR count). The predicted molar refractivity (Wildman–Crippen MR) is 106 cm³/mol. The van der Waals surface area contributed by atoms with Gasteiger partial charge in [0.2, 0.25) is 0 Å². The van der Waals surface area contributed by atoms with Crippen LogP contribution in [0.2, 0.25) is 0 Å². The monoisotopic (exact) mass is 361 g/mol. The van der Waals surface area contributed by atoms with E-state index < -0.39 is 5.97 Å². The number of hydrogen-bond donors (Lipinski definition) is 3. The first kappa shape index (κ1) is 17.0. The average molecular weight is 361 g/mol. The summed E-state index contributed by atoms with van der Waals surface area (Å²) in [6.45, 7) is 0. The van der Waals surface area contributed by atoms with Gasteiger partial charge in [0.25, 0.3) is 0 Å². The molecule has 7 nitrogen and oxygen atoms in total. The number of rotatable bonds is 5. The fourth-order valence-electron chi connectivity index (χ4n) is 3.10. The zero-order valence-electron chi connectivity index (χ0n) is 14.8. The lowest BCUT2D eigenvalue weighted by atomic mass is 10.1. The molecule has 1 aliphatic carbocycles. The van der Waals surface area contributed by atoms with Crippen molar-refractivity contribution >= 4 is 34.7 Å². The Balaban J connectivity index is 1.94. The van der Waals surface area contributed by atoms with Crippen LogP contribution in [0.15, 0.2) is 36.4 Å². The van der Waals surface area contributed by atoms with Crippen LogP contribution < -0.4 is 10.6 Å². The van der Waals surface area contributed by atoms with Gasteiger partial charge in [0.15, 0.2) is 5.82 Å². The molecule has 3 aromatic rings. The van der Waals surface area contributed by atoms with E-state index >= 15 is 0 Å². The van der Waals surface area contributed by atoms with Gasteiger partial charge < -0.3 is 21.1 Å². The Morgan fingerprint density at radius 3 is 2.67 bits per heavy atom. The maximum absolute atomic E-state index is 11.3. The highest BCUT2D eigenvalue weighted by molar-refractivity contribution is 5.94. The Kier molecular flexibility index (Phi) is 3.99. The molecular weight excluding hydrogens is 342 g/mol. The van der Waals surface area contributed by atoms with Gasteiger partial charge in [-0.05, 0) is 43.2 Å². The second-order valence-electron chi connectivity index (χ2n) is 6.73. The molecule has 0 aliphatic heterocycles. The third-order valence-electron chi connectivity index (χ3n) is 4.84. The Bertz CT molecular complexity index is 1080. The van der Waals surface area contributed by atoms with E-state index in [4.69, 9.17) is 21.1 Å². The second-order valence-corrected chi connectivity index (χ2v) is 6.73. The van der Waals surface area contributed by atoms with E-state index in [0.29, 0.717) is 39.8 Å². The average Bonchev–Trinajstić information content (AvgIpc) is 3.51. The zero-order valence-corrected chi connectivity index (χ0v) is 14.8. The number of nitrogens with zero attached hydrogens (tertiary/aromatic N) is 3. The van der Waals surface area contributed by atoms with Gasteiger partial charge in [-0.3, -0.25) is 0 Å². The summed E-state index contributed by atoms with van der Waals surface area (Å²) >= 11 is 0. The van der Waals surface area contributed by atoms with Gasteiger partial charge in [0, 0.05) is 36.1 Å². The minimum Gasteiger partial charge on any atom is -0.478 e. The highest BCUT2D eigenvalue weighted by atomic mass is 16.4. The maximum Gasteiger partial charge on any atom is 0.335 e. The highest BCUT2D eigenvalue weighted by Gasteiger charge is 2.29. The molecule has 1 heterocycles. The number of fused-ring (bicyclic) bond motifs is 1. The van der Waals surface area contributed by atoms with Gasteiger partial charge in [-0.2, -0.15) is 0 Å². The number of nitrogens with one attached hydrogen (secondary N) is 1. The lowest BCUT2D eigenvalue weighted by Gasteiger charge is -2.21. The Hall–Kier alpha value is -3.48. The molecule has 0 atom stereocenters. The van der Waals surface area contributed by atoms with Crippen LogP contribution in [-0.2, 0) is 0 Å². The van der Waals surface area contributed by atoms with E-state index in [9.17, 15) is 9.90 Å². The number of nitrogens with two attached hydrogens (primary N) is 1. The van der Waals surface area contributed by atoms with E-state index in [-0.39, 0.29) is 5.56 Å². The number of aromatic carboxylic acids is 1. The van der Waals surface area contributed by atoms with Crippen LogP contribution in [0.1, 0.15) is 28.8 Å². The molecule has 0 unspecified atom stereocenters. The summed E-state index contributed by atoms with van der Waals surface area (Å²) in [7, 11) is 1.98. The predicted octanol–water partition coefficient (Wildman–Crippen LogP) is 3.17. The molecular formula is C20H19N5O2. The summed E-state index contributed by atoms with van der Waals surface area (Å²) in [4.78, 5) is 22.9. The molecule has 0 amide bonds. The standard InChI is InChI=1S/C20H19N5O2/c1-25(14-4-5-14)19-18(11-2-6-15(22)13(8-11)10-21)23-16-7-3-12(20(26)27)9-17(16)24-19/h2-3,6-10,14,21H,4-5,22H2,1H3,(H,26,27). The molecule has 0 bridgehead atoms. The summed E-state index contributed by atoms with van der Waals surface area (Å²) in [6, 6.07) is 10.6. The minimum atomic E-state index is -0.992. The molecule has 7 heteroatoms. The number of benzene rings is 2. The number of carboxylic acids is 1. The summed E-state index contributed by atoms with van der Waals surface area (Å²) in [6.07, 6.45) is 3.41. The van der Waals surface area contributed by atoms with Gasteiger partial charge in [-0.25, -0.2) is 14.8 Å². The highest BCUT2D eigenvalue weighted by Crippen LogP contribution is 2.36. The molecule has 2 aromatic carbocycles. The fraction of sp³-hybridized carbons (Fsp3) is 0.200. The topological polar surface area (TPSA) is 116 Å². The van der Waals surface area contributed by atoms with Crippen LogP contribution >= 0.6 is 0 Å². The van der Waals surface area contributed by atoms with Gasteiger partial charge >= 0.3 is 5.97 Å². The van der Waals surface area contributed by atoms with Gasteiger partial charge in [-0.1, -0.05) is 6.07 Å². The van der Waals surface area contributed by atoms with Crippen molar-refractivity contribution in [1.82, 2.24) is 9.97 Å². The van der Waals surface area contributed by atoms with Gasteiger partial charge in [0.1, 0.15) is 5.69 Å². The van der Waals surface area contributed by atoms with Crippen molar-refractivity contribution in [3.8, 4) is 11.3 Å². The van der Waals surface area contributed by atoms with Crippen LogP contribution in [-0.4, -0.2) is 40.3 Å². The smallest absolute Gasteiger partial charge is 0.335 e. The summed E-state index contributed by atoms with van der Waals surface area (Å²) in [5.74, 6) is -0.290. The third kappa shape index (κ3) is 3.08. The van der Waals surface area contributed by atoms with Crippen LogP contribution in [0.4, 0.5) is 11.5 Å². The number of carbonyl (C=O) groups is 1. The third-order valence-corrected chi connectivity index (χ3v) is 4.84. The molecule has 1 aliphatic rings. The zero-order chi connectivity index (χ0) is 19.1. The largest absolute Gasteiger partial charge is 0.478 e. The van der Waals surface area contributed by atoms with Crippen molar-refractivity contribution < 1.29 is 9.90 Å². The van der Waals surface area contributed by atoms with E-state index in [2.05, 4.69) is 4.90 Å². The Morgan fingerprint density at radius 2 is 2.00 bits per heavy atom. The van der Waals surface area contributed by atoms with E-state index in [1.54, 1.807) is 18.2 Å². The van der Waals surface area contributed by atoms with Crippen molar-refractivity contribution in [3.63, 3.8) is 0 Å². The fourth-order valence-corrected chi connectivity index (χ4v) is 3.10. The second kappa shape index (κ2) is 6.35. The van der Waals surface area contributed by atoms with Crippen LogP contribution in [0.25, 0.3) is 22.3 Å². The van der Waals surface area contributed by atoms with E-state index in [1.165, 1.54) is 12.3 Å². The normalized spacial score (nSPS) is 13.5. The Labute approximate surface area is 156 Å². The molecule has 27 heavy (non-hydrogen) atoms. The summed E-state index contributed by atoms with van der Waals surface area (Å²) < 4.78 is 0. The van der Waals surface area contributed by atoms with Crippen molar-refractivity contribution in [2.45, 2.75) is 18.9 Å². The van der Waals surface area contributed by atoms with E-state index in [1.807, 2.05) is 19.2 Å². The van der Waals surface area contributed by atoms with Crippen LogP contribution in [0.3, 0.4) is 0 Å². The Morgan fingerprint density at radius 1 is 1.22 bits per heavy atom. The molecule has 1 saturated carbocycles. The number of carboxylic acid groups (broad SMARTS) is 1. The molecule has 0 radical (unpaired) electrons. The maximum atomic E-state index is 11.3. The van der Waals surface area contributed by atoms with Gasteiger partial charge in [0.05, 0.1) is 16.6 Å². The molecule has 1 aromatic heterocycles. The van der Waals surface area contributed by atoms with Crippen LogP contribution in [0, 0.1) is 5.41 Å². The molecule has 4 N–H and O–H groups in total. The molecule has 0 saturated heterocycles. The number of hydrogen-bond acceptors (Lipinski definition) is 6. The van der Waals surface area contributed by atoms with Gasteiger partial charge in [-0.15, -0.1) is 0 Å². The lowest BCUT2D eigenvalue weighted by molar-refractivity contribution is 0.0697. The first-order valence-electron chi connectivity index (χ1n) is 8.66. The van der Waals surface area contributed by atoms with Crippen LogP contribution in [0.5, 0.6) is 0 Å². The number of nitrogen functional groups attached to an aromatic ring is 1. The quantitative estimate of drug-likeness (QED) is 0.475. The number of anilines is 2. The van der Waals surface area contributed by atoms with Crippen molar-refractivity contribution in [2.24, 2.45) is 0 Å².